The second-order valence-electron chi connectivity index (χ2n) is 11.3. The number of carboxylic acids is 1. The van der Waals surface area contributed by atoms with E-state index in [1.165, 1.54) is 51.4 Å². The summed E-state index contributed by atoms with van der Waals surface area (Å²) in [4.78, 5) is 46.9. The minimum atomic E-state index is -1.39. The number of hydrogen-bond donors (Lipinski definition) is 4. The maximum absolute atomic E-state index is 12.4. The summed E-state index contributed by atoms with van der Waals surface area (Å²) in [6.07, 6.45) is 25.8. The molecule has 0 heterocycles. The Morgan fingerprint density at radius 1 is 0.690 bits per heavy atom. The minimum Gasteiger partial charge on any atom is -0.480 e. The van der Waals surface area contributed by atoms with E-state index in [0.29, 0.717) is 12.8 Å². The summed E-state index contributed by atoms with van der Waals surface area (Å²) in [6, 6.07) is -1.39. The van der Waals surface area contributed by atoms with E-state index in [4.69, 9.17) is 14.9 Å². The summed E-state index contributed by atoms with van der Waals surface area (Å²) in [5, 5.41) is 22.4. The molecule has 0 rings (SSSR count). The van der Waals surface area contributed by atoms with Gasteiger partial charge < -0.3 is 25.6 Å². The number of nitrogens with one attached hydrogen (secondary N) is 2. The fourth-order valence-corrected chi connectivity index (χ4v) is 4.63. The van der Waals surface area contributed by atoms with E-state index in [-0.39, 0.29) is 30.9 Å². The number of carboxylic acid groups (broad SMARTS) is 1. The molecule has 9 heteroatoms. The van der Waals surface area contributed by atoms with Gasteiger partial charge in [-0.2, -0.15) is 0 Å². The number of ether oxygens (including phenoxy) is 1. The van der Waals surface area contributed by atoms with Crippen LogP contribution in [-0.2, 0) is 23.9 Å². The average molecular weight is 597 g/mol. The maximum atomic E-state index is 12.4. The fourth-order valence-electron chi connectivity index (χ4n) is 4.63. The van der Waals surface area contributed by atoms with Gasteiger partial charge in [0.25, 0.3) is 0 Å². The van der Waals surface area contributed by atoms with Crippen LogP contribution in [0.3, 0.4) is 0 Å². The topological polar surface area (TPSA) is 142 Å². The third-order valence-electron chi connectivity index (χ3n) is 7.26. The van der Waals surface area contributed by atoms with Crippen molar-refractivity contribution >= 4 is 23.8 Å². The van der Waals surface area contributed by atoms with Gasteiger partial charge in [0, 0.05) is 12.8 Å². The first-order valence-corrected chi connectivity index (χ1v) is 16.6. The number of carbonyl (C=O) groups excluding carboxylic acids is 3. The smallest absolute Gasteiger partial charge is 0.328 e. The van der Waals surface area contributed by atoms with Crippen LogP contribution in [0.15, 0.2) is 12.2 Å². The van der Waals surface area contributed by atoms with Crippen LogP contribution in [0.4, 0.5) is 0 Å². The lowest BCUT2D eigenvalue weighted by molar-refractivity contribution is -0.150. The van der Waals surface area contributed by atoms with E-state index < -0.39 is 24.5 Å². The molecule has 244 valence electrons. The second kappa shape index (κ2) is 28.7. The van der Waals surface area contributed by atoms with E-state index in [0.717, 1.165) is 64.2 Å². The molecule has 2 unspecified atom stereocenters. The Hall–Kier alpha value is -2.42. The van der Waals surface area contributed by atoms with Gasteiger partial charge in [0.05, 0.1) is 13.2 Å². The summed E-state index contributed by atoms with van der Waals surface area (Å²) < 4.78 is 5.78. The number of amides is 2. The molecule has 0 radical (unpaired) electrons. The number of hydrogen-bond acceptors (Lipinski definition) is 6. The predicted octanol–water partition coefficient (Wildman–Crippen LogP) is 6.36. The molecule has 0 aromatic carbocycles. The third-order valence-corrected chi connectivity index (χ3v) is 7.26. The summed E-state index contributed by atoms with van der Waals surface area (Å²) in [5.41, 5.74) is 0. The monoisotopic (exact) mass is 596 g/mol. The van der Waals surface area contributed by atoms with E-state index in [1.807, 2.05) is 0 Å². The van der Waals surface area contributed by atoms with Crippen LogP contribution in [0.1, 0.15) is 149 Å². The molecule has 0 aliphatic rings. The number of aliphatic carboxylic acids is 1. The second-order valence-corrected chi connectivity index (χ2v) is 11.3. The first kappa shape index (κ1) is 39.6. The number of allylic oxidation sites excluding steroid dienone is 2. The van der Waals surface area contributed by atoms with Crippen molar-refractivity contribution < 1.29 is 34.1 Å². The normalized spacial score (nSPS) is 12.6. The summed E-state index contributed by atoms with van der Waals surface area (Å²) in [5.74, 6) is -2.41. The third kappa shape index (κ3) is 25.3. The van der Waals surface area contributed by atoms with Crippen molar-refractivity contribution in [3.63, 3.8) is 0 Å². The van der Waals surface area contributed by atoms with Crippen molar-refractivity contribution in [3.8, 4) is 0 Å². The largest absolute Gasteiger partial charge is 0.480 e. The number of aliphatic hydroxyl groups excluding tert-OH is 1. The quantitative estimate of drug-likeness (QED) is 0.0447. The van der Waals surface area contributed by atoms with Crippen LogP contribution in [0, 0.1) is 0 Å². The van der Waals surface area contributed by atoms with Crippen molar-refractivity contribution in [2.75, 3.05) is 13.2 Å². The molecular formula is C33H60N2O7. The highest BCUT2D eigenvalue weighted by molar-refractivity contribution is 5.87. The molecule has 0 spiro atoms. The van der Waals surface area contributed by atoms with E-state index in [9.17, 15) is 19.2 Å². The predicted molar refractivity (Wildman–Crippen MR) is 167 cm³/mol. The van der Waals surface area contributed by atoms with Crippen molar-refractivity contribution in [1.82, 2.24) is 10.6 Å². The highest BCUT2D eigenvalue weighted by Gasteiger charge is 2.19. The Bertz CT molecular complexity index is 742. The molecule has 0 aromatic rings. The number of rotatable bonds is 29. The molecule has 9 nitrogen and oxygen atoms in total. The van der Waals surface area contributed by atoms with Gasteiger partial charge >= 0.3 is 11.9 Å². The zero-order valence-corrected chi connectivity index (χ0v) is 26.5. The lowest BCUT2D eigenvalue weighted by Crippen LogP contribution is -2.47. The Kier molecular flexibility index (Phi) is 27.0. The zero-order chi connectivity index (χ0) is 31.3. The maximum Gasteiger partial charge on any atom is 0.328 e. The zero-order valence-electron chi connectivity index (χ0n) is 26.5. The number of carbonyl (C=O) groups is 4. The molecule has 42 heavy (non-hydrogen) atoms. The summed E-state index contributed by atoms with van der Waals surface area (Å²) in [7, 11) is 0. The average Bonchev–Trinajstić information content (AvgIpc) is 2.97. The molecule has 0 aliphatic heterocycles. The minimum absolute atomic E-state index is 0.0814. The lowest BCUT2D eigenvalue weighted by Gasteiger charge is -2.18. The highest BCUT2D eigenvalue weighted by atomic mass is 16.5. The number of esters is 1. The van der Waals surface area contributed by atoms with Crippen LogP contribution in [-0.4, -0.2) is 59.3 Å². The molecule has 4 N–H and O–H groups in total. The molecule has 2 amide bonds. The SMILES string of the molecule is CCCCCCC/C=C\CCCCCCCC(=O)OC(CCCC)CCCCCC(=O)NCC(=O)NC(CO)C(=O)O. The fraction of sp³-hybridized carbons (Fsp3) is 0.818. The van der Waals surface area contributed by atoms with Crippen molar-refractivity contribution in [2.45, 2.75) is 161 Å². The highest BCUT2D eigenvalue weighted by Crippen LogP contribution is 2.16. The molecule has 0 saturated carbocycles. The van der Waals surface area contributed by atoms with Crippen LogP contribution in [0.5, 0.6) is 0 Å². The van der Waals surface area contributed by atoms with E-state index in [1.54, 1.807) is 0 Å². The van der Waals surface area contributed by atoms with Gasteiger partial charge in [0.2, 0.25) is 11.8 Å². The summed E-state index contributed by atoms with van der Waals surface area (Å²) in [6.45, 7) is 3.30. The van der Waals surface area contributed by atoms with E-state index >= 15 is 0 Å². The first-order chi connectivity index (χ1) is 20.3. The van der Waals surface area contributed by atoms with E-state index in [2.05, 4.69) is 36.6 Å². The van der Waals surface area contributed by atoms with Gasteiger partial charge in [-0.25, -0.2) is 4.79 Å². The van der Waals surface area contributed by atoms with Crippen molar-refractivity contribution in [1.29, 1.82) is 0 Å². The standard InChI is InChI=1S/C33H60N2O7/c1-3-5-7-8-9-10-11-12-13-14-15-16-17-21-25-32(39)42-28(22-6-4-2)23-19-18-20-24-30(37)34-26-31(38)35-29(27-36)33(40)41/h11-12,28-29,36H,3-10,13-27H2,1-2H3,(H,34,37)(H,35,38)(H,40,41)/b12-11-. The van der Waals surface area contributed by atoms with Gasteiger partial charge in [-0.1, -0.05) is 90.2 Å². The van der Waals surface area contributed by atoms with Gasteiger partial charge in [-0.05, 0) is 57.8 Å². The van der Waals surface area contributed by atoms with Gasteiger partial charge in [-0.3, -0.25) is 14.4 Å². The molecular weight excluding hydrogens is 536 g/mol. The van der Waals surface area contributed by atoms with Crippen LogP contribution in [0.2, 0.25) is 0 Å². The molecule has 2 atom stereocenters. The molecule has 0 aromatic heterocycles. The first-order valence-electron chi connectivity index (χ1n) is 16.6. The van der Waals surface area contributed by atoms with Crippen molar-refractivity contribution in [3.05, 3.63) is 12.2 Å². The Morgan fingerprint density at radius 2 is 1.24 bits per heavy atom. The van der Waals surface area contributed by atoms with Crippen LogP contribution in [0.25, 0.3) is 0 Å². The van der Waals surface area contributed by atoms with Crippen LogP contribution >= 0.6 is 0 Å². The van der Waals surface area contributed by atoms with Gasteiger partial charge in [0.15, 0.2) is 0 Å². The molecule has 0 bridgehead atoms. The number of aliphatic hydroxyl groups is 1. The van der Waals surface area contributed by atoms with Crippen LogP contribution < -0.4 is 10.6 Å². The van der Waals surface area contributed by atoms with Crippen molar-refractivity contribution in [2.24, 2.45) is 0 Å². The molecule has 0 fully saturated rings. The van der Waals surface area contributed by atoms with Gasteiger partial charge in [-0.15, -0.1) is 0 Å². The van der Waals surface area contributed by atoms with Gasteiger partial charge in [0.1, 0.15) is 12.1 Å². The molecule has 0 saturated heterocycles. The molecule has 0 aliphatic carbocycles. The Balaban J connectivity index is 3.94. The Labute approximate surface area is 254 Å². The number of unbranched alkanes of at least 4 members (excludes halogenated alkanes) is 13. The Morgan fingerprint density at radius 3 is 1.86 bits per heavy atom. The lowest BCUT2D eigenvalue weighted by atomic mass is 10.0. The summed E-state index contributed by atoms with van der Waals surface area (Å²) >= 11 is 0.